The second-order valence-electron chi connectivity index (χ2n) is 5.55. The van der Waals surface area contributed by atoms with Crippen molar-refractivity contribution in [3.63, 3.8) is 0 Å². The molecule has 2 aromatic carbocycles. The summed E-state index contributed by atoms with van der Waals surface area (Å²) in [5.41, 5.74) is 2.04. The smallest absolute Gasteiger partial charge is 0.273 e. The van der Waals surface area contributed by atoms with Gasteiger partial charge in [-0.3, -0.25) is 20.2 Å². The number of methoxy groups -OCH3 is 1. The summed E-state index contributed by atoms with van der Waals surface area (Å²) in [6.07, 6.45) is 0. The van der Waals surface area contributed by atoms with Crippen molar-refractivity contribution < 1.29 is 14.5 Å². The molecule has 9 heteroatoms. The Hall–Kier alpha value is -2.78. The fourth-order valence-corrected chi connectivity index (χ4v) is 3.78. The normalized spacial score (nSPS) is 10.5. The highest BCUT2D eigenvalue weighted by molar-refractivity contribution is 9.10. The highest BCUT2D eigenvalue weighted by Crippen LogP contribution is 2.32. The third kappa shape index (κ3) is 3.99. The van der Waals surface area contributed by atoms with Gasteiger partial charge in [0, 0.05) is 28.1 Å². The number of nitro groups is 1. The van der Waals surface area contributed by atoms with E-state index in [2.05, 4.69) is 26.2 Å². The molecule has 3 aromatic rings. The van der Waals surface area contributed by atoms with Crippen LogP contribution in [0.4, 0.5) is 10.8 Å². The number of rotatable bonds is 5. The van der Waals surface area contributed by atoms with Crippen molar-refractivity contribution in [1.29, 1.82) is 0 Å². The van der Waals surface area contributed by atoms with Crippen molar-refractivity contribution in [1.82, 2.24) is 4.98 Å². The van der Waals surface area contributed by atoms with E-state index in [0.29, 0.717) is 22.1 Å². The SMILES string of the molecule is COc1ccc(-c2csc(NC(=O)c3cccc([N+](=O)[O-])c3C)n2)cc1Br. The van der Waals surface area contributed by atoms with E-state index in [-0.39, 0.29) is 11.3 Å². The lowest BCUT2D eigenvalue weighted by Crippen LogP contribution is -2.14. The molecule has 0 spiro atoms. The minimum Gasteiger partial charge on any atom is -0.496 e. The molecular weight excluding hydrogens is 434 g/mol. The van der Waals surface area contributed by atoms with Gasteiger partial charge in [-0.1, -0.05) is 6.07 Å². The van der Waals surface area contributed by atoms with Crippen LogP contribution < -0.4 is 10.1 Å². The molecule has 0 aliphatic heterocycles. The number of amides is 1. The van der Waals surface area contributed by atoms with Crippen molar-refractivity contribution in [3.05, 3.63) is 67.5 Å². The first-order chi connectivity index (χ1) is 12.9. The summed E-state index contributed by atoms with van der Waals surface area (Å²) < 4.78 is 6.01. The summed E-state index contributed by atoms with van der Waals surface area (Å²) >= 11 is 4.71. The first-order valence-electron chi connectivity index (χ1n) is 7.75. The van der Waals surface area contributed by atoms with Crippen LogP contribution in [0.15, 0.2) is 46.3 Å². The van der Waals surface area contributed by atoms with E-state index >= 15 is 0 Å². The molecule has 0 aliphatic rings. The maximum Gasteiger partial charge on any atom is 0.273 e. The second-order valence-corrected chi connectivity index (χ2v) is 7.26. The summed E-state index contributed by atoms with van der Waals surface area (Å²) in [5, 5.41) is 16.0. The Morgan fingerprint density at radius 3 is 2.78 bits per heavy atom. The van der Waals surface area contributed by atoms with E-state index in [9.17, 15) is 14.9 Å². The molecule has 0 atom stereocenters. The van der Waals surface area contributed by atoms with E-state index in [1.165, 1.54) is 23.5 Å². The Morgan fingerprint density at radius 1 is 1.33 bits per heavy atom. The average molecular weight is 448 g/mol. The first-order valence-corrected chi connectivity index (χ1v) is 9.42. The molecule has 0 aliphatic carbocycles. The molecule has 138 valence electrons. The molecule has 1 N–H and O–H groups in total. The number of nitro benzene ring substituents is 1. The van der Waals surface area contributed by atoms with Crippen LogP contribution >= 0.6 is 27.3 Å². The van der Waals surface area contributed by atoms with E-state index in [0.717, 1.165) is 10.0 Å². The summed E-state index contributed by atoms with van der Waals surface area (Å²) in [4.78, 5) is 27.5. The summed E-state index contributed by atoms with van der Waals surface area (Å²) in [6.45, 7) is 1.55. The predicted molar refractivity (Wildman–Crippen MR) is 108 cm³/mol. The topological polar surface area (TPSA) is 94.4 Å². The quantitative estimate of drug-likeness (QED) is 0.436. The number of nitrogens with zero attached hydrogens (tertiary/aromatic N) is 2. The third-order valence-electron chi connectivity index (χ3n) is 3.92. The molecular formula is C18H14BrN3O4S. The van der Waals surface area contributed by atoms with Crippen LogP contribution in [0.1, 0.15) is 15.9 Å². The Bertz CT molecular complexity index is 1040. The lowest BCUT2D eigenvalue weighted by Gasteiger charge is -2.06. The van der Waals surface area contributed by atoms with Crippen LogP contribution in [0.25, 0.3) is 11.3 Å². The average Bonchev–Trinajstić information content (AvgIpc) is 3.10. The number of aromatic nitrogens is 1. The molecule has 1 heterocycles. The van der Waals surface area contributed by atoms with Crippen molar-refractivity contribution in [3.8, 4) is 17.0 Å². The molecule has 0 bridgehead atoms. The van der Waals surface area contributed by atoms with Gasteiger partial charge in [0.05, 0.1) is 22.2 Å². The van der Waals surface area contributed by atoms with Gasteiger partial charge in [-0.05, 0) is 47.1 Å². The molecule has 1 amide bonds. The number of hydrogen-bond acceptors (Lipinski definition) is 6. The lowest BCUT2D eigenvalue weighted by molar-refractivity contribution is -0.385. The monoisotopic (exact) mass is 447 g/mol. The van der Waals surface area contributed by atoms with Gasteiger partial charge in [-0.2, -0.15) is 0 Å². The number of halogens is 1. The summed E-state index contributed by atoms with van der Waals surface area (Å²) in [7, 11) is 1.59. The largest absolute Gasteiger partial charge is 0.496 e. The van der Waals surface area contributed by atoms with Crippen LogP contribution in [-0.4, -0.2) is 22.9 Å². The van der Waals surface area contributed by atoms with E-state index in [1.807, 2.05) is 23.6 Å². The van der Waals surface area contributed by atoms with Gasteiger partial charge in [0.2, 0.25) is 0 Å². The number of anilines is 1. The molecule has 0 unspecified atom stereocenters. The third-order valence-corrected chi connectivity index (χ3v) is 5.30. The fraction of sp³-hybridized carbons (Fsp3) is 0.111. The standard InChI is InChI=1S/C18H14BrN3O4S/c1-10-12(4-3-5-15(10)22(24)25)17(23)21-18-20-14(9-27-18)11-6-7-16(26-2)13(19)8-11/h3-9H,1-2H3,(H,20,21,23). The zero-order valence-corrected chi connectivity index (χ0v) is 16.8. The Kier molecular flexibility index (Phi) is 5.52. The van der Waals surface area contributed by atoms with Crippen LogP contribution in [0, 0.1) is 17.0 Å². The van der Waals surface area contributed by atoms with Crippen molar-refractivity contribution in [2.45, 2.75) is 6.92 Å². The van der Waals surface area contributed by atoms with Crippen LogP contribution in [0.3, 0.4) is 0 Å². The molecule has 0 radical (unpaired) electrons. The van der Waals surface area contributed by atoms with Crippen molar-refractivity contribution in [2.75, 3.05) is 12.4 Å². The lowest BCUT2D eigenvalue weighted by atomic mass is 10.1. The molecule has 3 rings (SSSR count). The minimum atomic E-state index is -0.505. The van der Waals surface area contributed by atoms with Crippen molar-refractivity contribution in [2.24, 2.45) is 0 Å². The maximum atomic E-state index is 12.5. The van der Waals surface area contributed by atoms with Gasteiger partial charge in [-0.25, -0.2) is 4.98 Å². The molecule has 0 saturated heterocycles. The van der Waals surface area contributed by atoms with Gasteiger partial charge >= 0.3 is 0 Å². The van der Waals surface area contributed by atoms with Crippen LogP contribution in [0.2, 0.25) is 0 Å². The minimum absolute atomic E-state index is 0.0921. The highest BCUT2D eigenvalue weighted by Gasteiger charge is 2.19. The molecule has 1 aromatic heterocycles. The van der Waals surface area contributed by atoms with E-state index in [4.69, 9.17) is 4.74 Å². The first kappa shape index (κ1) is 19.0. The Morgan fingerprint density at radius 2 is 2.11 bits per heavy atom. The molecule has 27 heavy (non-hydrogen) atoms. The van der Waals surface area contributed by atoms with Gasteiger partial charge in [0.15, 0.2) is 5.13 Å². The predicted octanol–water partition coefficient (Wildman–Crippen LogP) is 5.05. The number of carbonyl (C=O) groups is 1. The van der Waals surface area contributed by atoms with Gasteiger partial charge in [0.1, 0.15) is 5.75 Å². The van der Waals surface area contributed by atoms with E-state index < -0.39 is 10.8 Å². The number of ether oxygens (including phenoxy) is 1. The molecule has 7 nitrogen and oxygen atoms in total. The highest BCUT2D eigenvalue weighted by atomic mass is 79.9. The van der Waals surface area contributed by atoms with Gasteiger partial charge in [0.25, 0.3) is 11.6 Å². The summed E-state index contributed by atoms with van der Waals surface area (Å²) in [5.74, 6) is 0.275. The van der Waals surface area contributed by atoms with Gasteiger partial charge in [-0.15, -0.1) is 11.3 Å². The Balaban J connectivity index is 1.82. The second kappa shape index (κ2) is 7.85. The zero-order chi connectivity index (χ0) is 19.6. The Labute approximate surface area is 167 Å². The summed E-state index contributed by atoms with van der Waals surface area (Å²) in [6, 6.07) is 9.98. The number of hydrogen-bond donors (Lipinski definition) is 1. The van der Waals surface area contributed by atoms with Gasteiger partial charge < -0.3 is 4.74 Å². The molecule has 0 fully saturated rings. The fourth-order valence-electron chi connectivity index (χ4n) is 2.52. The van der Waals surface area contributed by atoms with Crippen LogP contribution in [0.5, 0.6) is 5.75 Å². The van der Waals surface area contributed by atoms with Crippen molar-refractivity contribution >= 4 is 44.0 Å². The van der Waals surface area contributed by atoms with E-state index in [1.54, 1.807) is 20.1 Å². The maximum absolute atomic E-state index is 12.5. The number of carbonyl (C=O) groups excluding carboxylic acids is 1. The van der Waals surface area contributed by atoms with Crippen LogP contribution in [-0.2, 0) is 0 Å². The number of nitrogens with one attached hydrogen (secondary N) is 1. The molecule has 0 saturated carbocycles. The number of benzene rings is 2. The zero-order valence-electron chi connectivity index (χ0n) is 14.4. The number of thiazole rings is 1.